The Kier molecular flexibility index (Phi) is 6.35. The molecule has 2 N–H and O–H groups in total. The van der Waals surface area contributed by atoms with Crippen LogP contribution in [0.15, 0.2) is 30.3 Å². The van der Waals surface area contributed by atoms with Gasteiger partial charge in [-0.1, -0.05) is 18.2 Å². The summed E-state index contributed by atoms with van der Waals surface area (Å²) in [4.78, 5) is 27.0. The number of rotatable bonds is 6. The van der Waals surface area contributed by atoms with Gasteiger partial charge in [-0.25, -0.2) is 13.1 Å². The number of benzene rings is 1. The second-order valence-electron chi connectivity index (χ2n) is 7.57. The maximum Gasteiger partial charge on any atom is 0.314 e. The Morgan fingerprint density at radius 2 is 1.81 bits per heavy atom. The van der Waals surface area contributed by atoms with Gasteiger partial charge in [0.25, 0.3) is 0 Å². The van der Waals surface area contributed by atoms with Crippen molar-refractivity contribution < 1.29 is 22.7 Å². The van der Waals surface area contributed by atoms with Crippen molar-refractivity contribution in [3.63, 3.8) is 0 Å². The highest BCUT2D eigenvalue weighted by Gasteiger charge is 2.33. The van der Waals surface area contributed by atoms with Crippen LogP contribution in [-0.2, 0) is 35.7 Å². The van der Waals surface area contributed by atoms with Crippen molar-refractivity contribution in [1.82, 2.24) is 20.0 Å². The van der Waals surface area contributed by atoms with Gasteiger partial charge in [0, 0.05) is 25.2 Å². The van der Waals surface area contributed by atoms with Crippen LogP contribution in [0.3, 0.4) is 0 Å². The molecule has 2 aliphatic rings. The lowest BCUT2D eigenvalue weighted by Gasteiger charge is -2.26. The largest absolute Gasteiger partial charge is 0.379 e. The monoisotopic (exact) mass is 447 g/mol. The molecule has 2 aliphatic heterocycles. The molecular weight excluding hydrogens is 422 g/mol. The Balaban J connectivity index is 1.40. The average Bonchev–Trinajstić information content (AvgIpc) is 3.24. The molecule has 0 saturated carbocycles. The maximum atomic E-state index is 12.5. The van der Waals surface area contributed by atoms with Crippen LogP contribution >= 0.6 is 0 Å². The number of ether oxygens (including phenoxy) is 1. The number of hydrogen-bond donors (Lipinski definition) is 2. The lowest BCUT2D eigenvalue weighted by Crippen LogP contribution is -2.40. The number of fused-ring (bicyclic) bond motifs is 1. The van der Waals surface area contributed by atoms with Crippen LogP contribution in [0, 0.1) is 0 Å². The van der Waals surface area contributed by atoms with Crippen molar-refractivity contribution in [1.29, 1.82) is 0 Å². The number of sulfone groups is 1. The van der Waals surface area contributed by atoms with Gasteiger partial charge in [-0.2, -0.15) is 5.10 Å². The Labute approximate surface area is 180 Å². The van der Waals surface area contributed by atoms with Gasteiger partial charge in [-0.3, -0.25) is 14.5 Å². The molecule has 31 heavy (non-hydrogen) atoms. The predicted octanol–water partition coefficient (Wildman–Crippen LogP) is 0.0777. The lowest BCUT2D eigenvalue weighted by atomic mass is 10.2. The first-order valence-electron chi connectivity index (χ1n) is 10.2. The molecule has 2 aromatic rings. The molecule has 1 aromatic carbocycles. The van der Waals surface area contributed by atoms with Crippen LogP contribution in [0.2, 0.25) is 0 Å². The molecule has 0 aliphatic carbocycles. The van der Waals surface area contributed by atoms with Crippen molar-refractivity contribution in [3.8, 4) is 5.69 Å². The Morgan fingerprint density at radius 1 is 1.06 bits per heavy atom. The van der Waals surface area contributed by atoms with Crippen LogP contribution < -0.4 is 10.6 Å². The molecule has 0 bridgehead atoms. The number of nitrogens with zero attached hydrogens (tertiary/aromatic N) is 3. The summed E-state index contributed by atoms with van der Waals surface area (Å²) in [6, 6.07) is 9.04. The van der Waals surface area contributed by atoms with Gasteiger partial charge >= 0.3 is 11.8 Å². The third-order valence-electron chi connectivity index (χ3n) is 5.27. The summed E-state index contributed by atoms with van der Waals surface area (Å²) >= 11 is 0. The minimum absolute atomic E-state index is 0.182. The Morgan fingerprint density at radius 3 is 2.55 bits per heavy atom. The quantitative estimate of drug-likeness (QED) is 0.475. The molecule has 1 saturated heterocycles. The highest BCUT2D eigenvalue weighted by molar-refractivity contribution is 7.90. The number of para-hydroxylation sites is 1. The summed E-state index contributed by atoms with van der Waals surface area (Å²) in [5.41, 5.74) is 1.48. The lowest BCUT2D eigenvalue weighted by molar-refractivity contribution is -0.136. The van der Waals surface area contributed by atoms with Gasteiger partial charge in [-0.15, -0.1) is 0 Å². The summed E-state index contributed by atoms with van der Waals surface area (Å²) in [7, 11) is -3.31. The zero-order chi connectivity index (χ0) is 21.8. The summed E-state index contributed by atoms with van der Waals surface area (Å²) in [6.07, 6.45) is 0.717. The van der Waals surface area contributed by atoms with E-state index >= 15 is 0 Å². The molecule has 2 amide bonds. The van der Waals surface area contributed by atoms with Crippen molar-refractivity contribution in [2.75, 3.05) is 44.7 Å². The van der Waals surface area contributed by atoms with Gasteiger partial charge in [0.05, 0.1) is 36.1 Å². The van der Waals surface area contributed by atoms with Gasteiger partial charge in [0.1, 0.15) is 5.82 Å². The summed E-state index contributed by atoms with van der Waals surface area (Å²) in [6.45, 7) is 4.34. The van der Waals surface area contributed by atoms with E-state index in [0.29, 0.717) is 43.1 Å². The highest BCUT2D eigenvalue weighted by atomic mass is 32.2. The van der Waals surface area contributed by atoms with Crippen molar-refractivity contribution in [3.05, 3.63) is 41.6 Å². The first-order chi connectivity index (χ1) is 14.9. The van der Waals surface area contributed by atoms with Crippen LogP contribution in [0.4, 0.5) is 5.82 Å². The number of nitrogens with one attached hydrogen (secondary N) is 2. The van der Waals surface area contributed by atoms with E-state index in [0.717, 1.165) is 19.6 Å². The van der Waals surface area contributed by atoms with E-state index in [1.807, 2.05) is 18.2 Å². The SMILES string of the molecule is O=C(NCCCN1CCOCC1)C(=O)Nc1c2c(nn1-c1ccccc1)CS(=O)(=O)C2. The molecule has 166 valence electrons. The molecule has 1 aromatic heterocycles. The maximum absolute atomic E-state index is 12.5. The minimum atomic E-state index is -3.31. The van der Waals surface area contributed by atoms with Gasteiger partial charge in [0.2, 0.25) is 0 Å². The zero-order valence-electron chi connectivity index (χ0n) is 17.0. The second-order valence-corrected chi connectivity index (χ2v) is 9.64. The first-order valence-corrected chi connectivity index (χ1v) is 12.0. The van der Waals surface area contributed by atoms with Crippen molar-refractivity contribution >= 4 is 27.5 Å². The summed E-state index contributed by atoms with van der Waals surface area (Å²) in [5.74, 6) is -1.80. The topological polar surface area (TPSA) is 123 Å². The van der Waals surface area contributed by atoms with E-state index in [2.05, 4.69) is 20.6 Å². The number of carbonyl (C=O) groups is 2. The third kappa shape index (κ3) is 5.12. The fourth-order valence-electron chi connectivity index (χ4n) is 3.70. The number of aromatic nitrogens is 2. The van der Waals surface area contributed by atoms with E-state index < -0.39 is 21.7 Å². The molecule has 0 unspecified atom stereocenters. The smallest absolute Gasteiger partial charge is 0.314 e. The number of hydrogen-bond acceptors (Lipinski definition) is 7. The van der Waals surface area contributed by atoms with E-state index in [1.165, 1.54) is 4.68 Å². The third-order valence-corrected chi connectivity index (χ3v) is 6.71. The molecule has 1 fully saturated rings. The van der Waals surface area contributed by atoms with E-state index in [-0.39, 0.29) is 17.3 Å². The van der Waals surface area contributed by atoms with E-state index in [9.17, 15) is 18.0 Å². The Hall–Kier alpha value is -2.76. The number of amides is 2. The van der Waals surface area contributed by atoms with Gasteiger partial charge < -0.3 is 15.4 Å². The highest BCUT2D eigenvalue weighted by Crippen LogP contribution is 2.32. The van der Waals surface area contributed by atoms with Crippen molar-refractivity contribution in [2.45, 2.75) is 17.9 Å². The number of anilines is 1. The van der Waals surface area contributed by atoms with Crippen LogP contribution in [0.25, 0.3) is 5.69 Å². The van der Waals surface area contributed by atoms with E-state index in [1.54, 1.807) is 12.1 Å². The molecule has 0 spiro atoms. The van der Waals surface area contributed by atoms with Gasteiger partial charge in [-0.05, 0) is 25.1 Å². The molecule has 11 heteroatoms. The molecule has 0 radical (unpaired) electrons. The molecule has 4 rings (SSSR count). The summed E-state index contributed by atoms with van der Waals surface area (Å²) < 4.78 is 30.8. The Bertz CT molecular complexity index is 1060. The van der Waals surface area contributed by atoms with Crippen molar-refractivity contribution in [2.24, 2.45) is 0 Å². The van der Waals surface area contributed by atoms with Crippen LogP contribution in [0.5, 0.6) is 0 Å². The molecule has 3 heterocycles. The van der Waals surface area contributed by atoms with Gasteiger partial charge in [0.15, 0.2) is 9.84 Å². The zero-order valence-corrected chi connectivity index (χ0v) is 17.9. The number of carbonyl (C=O) groups excluding carboxylic acids is 2. The fourth-order valence-corrected chi connectivity index (χ4v) is 5.19. The molecule has 0 atom stereocenters. The predicted molar refractivity (Wildman–Crippen MR) is 113 cm³/mol. The number of morpholine rings is 1. The fraction of sp³-hybridized carbons (Fsp3) is 0.450. The van der Waals surface area contributed by atoms with Crippen LogP contribution in [0.1, 0.15) is 17.7 Å². The van der Waals surface area contributed by atoms with Crippen LogP contribution in [-0.4, -0.2) is 74.3 Å². The molecular formula is C20H25N5O5S. The first kappa shape index (κ1) is 21.5. The minimum Gasteiger partial charge on any atom is -0.379 e. The summed E-state index contributed by atoms with van der Waals surface area (Å²) in [5, 5.41) is 9.57. The normalized spacial score (nSPS) is 17.8. The standard InChI is InChI=1S/C20H25N5O5S/c26-19(21-7-4-8-24-9-11-30-12-10-24)20(27)22-18-16-13-31(28,29)14-17(16)23-25(18)15-5-2-1-3-6-15/h1-3,5-6H,4,7-14H2,(H,21,26)(H,22,27). The average molecular weight is 448 g/mol. The van der Waals surface area contributed by atoms with E-state index in [4.69, 9.17) is 4.74 Å². The second kappa shape index (κ2) is 9.16. The molecule has 10 nitrogen and oxygen atoms in total.